The van der Waals surface area contributed by atoms with Crippen LogP contribution in [0, 0.1) is 0 Å². The minimum absolute atomic E-state index is 0.0380. The van der Waals surface area contributed by atoms with Crippen LogP contribution >= 0.6 is 0 Å². The Bertz CT molecular complexity index is 803. The van der Waals surface area contributed by atoms with Gasteiger partial charge in [0.05, 0.1) is 12.1 Å². The first-order chi connectivity index (χ1) is 12.4. The summed E-state index contributed by atoms with van der Waals surface area (Å²) in [5.41, 5.74) is -0.0869. The van der Waals surface area contributed by atoms with Gasteiger partial charge in [0.15, 0.2) is 5.65 Å². The molecule has 2 aliphatic rings. The van der Waals surface area contributed by atoms with Crippen LogP contribution in [0.2, 0.25) is 0 Å². The SMILES string of the molecule is CC(=O)N1CCCC(O)(CN(C)C2CN(c3ccc4nncn4n3)C2)C1. The summed E-state index contributed by atoms with van der Waals surface area (Å²) in [6.45, 7) is 5.05. The number of carbonyl (C=O) groups is 1. The van der Waals surface area contributed by atoms with E-state index in [-0.39, 0.29) is 5.91 Å². The quantitative estimate of drug-likeness (QED) is 0.796. The van der Waals surface area contributed by atoms with Gasteiger partial charge in [-0.15, -0.1) is 15.3 Å². The molecule has 1 N–H and O–H groups in total. The second-order valence-electron chi connectivity index (χ2n) is 7.57. The number of hydrogen-bond donors (Lipinski definition) is 1. The Hall–Kier alpha value is -2.26. The number of nitrogens with zero attached hydrogens (tertiary/aromatic N) is 7. The summed E-state index contributed by atoms with van der Waals surface area (Å²) in [5, 5.41) is 23.3. The fourth-order valence-electron chi connectivity index (χ4n) is 3.91. The fraction of sp³-hybridized carbons (Fsp3) is 0.647. The van der Waals surface area contributed by atoms with E-state index in [1.807, 2.05) is 19.2 Å². The minimum Gasteiger partial charge on any atom is -0.387 e. The Labute approximate surface area is 152 Å². The van der Waals surface area contributed by atoms with Gasteiger partial charge in [-0.3, -0.25) is 9.69 Å². The highest BCUT2D eigenvalue weighted by Gasteiger charge is 2.39. The molecule has 0 saturated carbocycles. The lowest BCUT2D eigenvalue weighted by molar-refractivity contribution is -0.137. The van der Waals surface area contributed by atoms with E-state index in [2.05, 4.69) is 25.1 Å². The van der Waals surface area contributed by atoms with Gasteiger partial charge in [-0.25, -0.2) is 0 Å². The molecule has 2 aliphatic heterocycles. The molecule has 9 heteroatoms. The summed E-state index contributed by atoms with van der Waals surface area (Å²) in [4.78, 5) is 17.8. The van der Waals surface area contributed by atoms with Crippen molar-refractivity contribution in [3.63, 3.8) is 0 Å². The molecule has 0 radical (unpaired) electrons. The molecule has 2 aromatic heterocycles. The molecule has 2 fully saturated rings. The van der Waals surface area contributed by atoms with Crippen molar-refractivity contribution < 1.29 is 9.90 Å². The van der Waals surface area contributed by atoms with Crippen LogP contribution in [0.1, 0.15) is 19.8 Å². The number of carbonyl (C=O) groups excluding carboxylic acids is 1. The average molecular weight is 359 g/mol. The van der Waals surface area contributed by atoms with E-state index >= 15 is 0 Å². The molecule has 1 atom stereocenters. The number of fused-ring (bicyclic) bond motifs is 1. The number of rotatable bonds is 4. The minimum atomic E-state index is -0.821. The fourth-order valence-corrected chi connectivity index (χ4v) is 3.91. The molecule has 2 aromatic rings. The van der Waals surface area contributed by atoms with Gasteiger partial charge in [0.1, 0.15) is 12.1 Å². The van der Waals surface area contributed by atoms with Gasteiger partial charge in [0.2, 0.25) is 5.91 Å². The zero-order chi connectivity index (χ0) is 18.3. The zero-order valence-electron chi connectivity index (χ0n) is 15.2. The molecular weight excluding hydrogens is 334 g/mol. The van der Waals surface area contributed by atoms with Crippen LogP contribution in [0.15, 0.2) is 18.5 Å². The van der Waals surface area contributed by atoms with Gasteiger partial charge < -0.3 is 14.9 Å². The van der Waals surface area contributed by atoms with Crippen molar-refractivity contribution in [2.45, 2.75) is 31.4 Å². The van der Waals surface area contributed by atoms with Crippen molar-refractivity contribution >= 4 is 17.4 Å². The van der Waals surface area contributed by atoms with Gasteiger partial charge in [-0.05, 0) is 32.0 Å². The lowest BCUT2D eigenvalue weighted by atomic mass is 9.91. The van der Waals surface area contributed by atoms with Crippen LogP contribution in [0.4, 0.5) is 5.82 Å². The van der Waals surface area contributed by atoms with Crippen LogP contribution in [-0.2, 0) is 4.79 Å². The second kappa shape index (κ2) is 6.48. The molecule has 1 unspecified atom stereocenters. The van der Waals surface area contributed by atoms with Crippen molar-refractivity contribution in [2.75, 3.05) is 44.7 Å². The summed E-state index contributed by atoms with van der Waals surface area (Å²) >= 11 is 0. The second-order valence-corrected chi connectivity index (χ2v) is 7.57. The van der Waals surface area contributed by atoms with E-state index in [1.54, 1.807) is 22.7 Å². The number of piperidine rings is 1. The third-order valence-electron chi connectivity index (χ3n) is 5.50. The summed E-state index contributed by atoms with van der Waals surface area (Å²) in [7, 11) is 2.04. The Morgan fingerprint density at radius 3 is 3.00 bits per heavy atom. The number of anilines is 1. The van der Waals surface area contributed by atoms with Crippen LogP contribution in [0.5, 0.6) is 0 Å². The molecule has 4 rings (SSSR count). The molecule has 0 spiro atoms. The Kier molecular flexibility index (Phi) is 4.28. The zero-order valence-corrected chi connectivity index (χ0v) is 15.2. The van der Waals surface area contributed by atoms with E-state index in [1.165, 1.54) is 0 Å². The predicted octanol–water partition coefficient (Wildman–Crippen LogP) is -0.382. The van der Waals surface area contributed by atoms with E-state index < -0.39 is 5.60 Å². The smallest absolute Gasteiger partial charge is 0.219 e. The van der Waals surface area contributed by atoms with Gasteiger partial charge in [-0.2, -0.15) is 4.52 Å². The normalized spacial score (nSPS) is 24.3. The molecule has 0 aromatic carbocycles. The number of amides is 1. The Morgan fingerprint density at radius 2 is 2.23 bits per heavy atom. The highest BCUT2D eigenvalue weighted by molar-refractivity contribution is 5.73. The van der Waals surface area contributed by atoms with Crippen LogP contribution in [0.3, 0.4) is 0 Å². The third-order valence-corrected chi connectivity index (χ3v) is 5.50. The lowest BCUT2D eigenvalue weighted by Crippen LogP contribution is -2.63. The van der Waals surface area contributed by atoms with E-state index in [4.69, 9.17) is 0 Å². The van der Waals surface area contributed by atoms with Gasteiger partial charge in [-0.1, -0.05) is 0 Å². The standard InChI is InChI=1S/C17H25N7O2/c1-13(25)22-7-3-6-17(26,11-22)10-21(2)14-8-23(9-14)16-5-4-15-19-18-12-24(15)20-16/h4-5,12,14,26H,3,6-11H2,1-2H3. The molecule has 9 nitrogen and oxygen atoms in total. The first kappa shape index (κ1) is 17.2. The first-order valence-electron chi connectivity index (χ1n) is 9.04. The topological polar surface area (TPSA) is 90.1 Å². The Balaban J connectivity index is 1.34. The van der Waals surface area contributed by atoms with Crippen LogP contribution < -0.4 is 4.90 Å². The number of aromatic nitrogens is 4. The molecule has 0 aliphatic carbocycles. The summed E-state index contributed by atoms with van der Waals surface area (Å²) in [6.07, 6.45) is 3.19. The third kappa shape index (κ3) is 3.24. The number of aliphatic hydroxyl groups is 1. The van der Waals surface area contributed by atoms with Gasteiger partial charge >= 0.3 is 0 Å². The Morgan fingerprint density at radius 1 is 1.42 bits per heavy atom. The molecular formula is C17H25N7O2. The highest BCUT2D eigenvalue weighted by atomic mass is 16.3. The monoisotopic (exact) mass is 359 g/mol. The number of likely N-dealkylation sites (N-methyl/N-ethyl adjacent to an activating group) is 1. The van der Waals surface area contributed by atoms with Crippen molar-refractivity contribution in [1.29, 1.82) is 0 Å². The lowest BCUT2D eigenvalue weighted by Gasteiger charge is -2.48. The molecule has 26 heavy (non-hydrogen) atoms. The van der Waals surface area contributed by atoms with Gasteiger partial charge in [0.25, 0.3) is 0 Å². The predicted molar refractivity (Wildman–Crippen MR) is 95.9 cm³/mol. The van der Waals surface area contributed by atoms with Crippen LogP contribution in [0.25, 0.3) is 5.65 Å². The average Bonchev–Trinajstić information content (AvgIpc) is 3.00. The molecule has 140 valence electrons. The molecule has 2 saturated heterocycles. The van der Waals surface area contributed by atoms with Crippen molar-refractivity contribution in [3.8, 4) is 0 Å². The van der Waals surface area contributed by atoms with E-state index in [0.29, 0.717) is 19.1 Å². The maximum absolute atomic E-state index is 11.6. The summed E-state index contributed by atoms with van der Waals surface area (Å²) < 4.78 is 1.67. The maximum atomic E-state index is 11.6. The number of likely N-dealkylation sites (tertiary alicyclic amines) is 1. The molecule has 4 heterocycles. The first-order valence-corrected chi connectivity index (χ1v) is 9.04. The molecule has 1 amide bonds. The van der Waals surface area contributed by atoms with Crippen LogP contribution in [-0.4, -0.2) is 92.0 Å². The highest BCUT2D eigenvalue weighted by Crippen LogP contribution is 2.26. The number of β-amino-alcohol motifs (C(OH)–C–C–N with tert-alkyl or cyclic N) is 1. The van der Waals surface area contributed by atoms with E-state index in [0.717, 1.165) is 43.9 Å². The van der Waals surface area contributed by atoms with E-state index in [9.17, 15) is 9.90 Å². The summed E-state index contributed by atoms with van der Waals surface area (Å²) in [5.74, 6) is 0.942. The van der Waals surface area contributed by atoms with Crippen molar-refractivity contribution in [2.24, 2.45) is 0 Å². The largest absolute Gasteiger partial charge is 0.387 e. The van der Waals surface area contributed by atoms with Crippen molar-refractivity contribution in [1.82, 2.24) is 29.6 Å². The number of hydrogen-bond acceptors (Lipinski definition) is 7. The molecule has 0 bridgehead atoms. The van der Waals surface area contributed by atoms with Crippen molar-refractivity contribution in [3.05, 3.63) is 18.5 Å². The van der Waals surface area contributed by atoms with Gasteiger partial charge in [0, 0.05) is 39.1 Å². The summed E-state index contributed by atoms with van der Waals surface area (Å²) in [6, 6.07) is 4.23. The maximum Gasteiger partial charge on any atom is 0.219 e.